The predicted molar refractivity (Wildman–Crippen MR) is 69.7 cm³/mol. The number of anilines is 1. The van der Waals surface area contributed by atoms with Gasteiger partial charge in [-0.15, -0.1) is 0 Å². The Morgan fingerprint density at radius 2 is 2.16 bits per heavy atom. The lowest BCUT2D eigenvalue weighted by Crippen LogP contribution is -2.12. The molecule has 2 aromatic rings. The van der Waals surface area contributed by atoms with Crippen molar-refractivity contribution in [3.05, 3.63) is 53.9 Å². The van der Waals surface area contributed by atoms with Gasteiger partial charge in [-0.05, 0) is 29.8 Å². The number of hydrogen-bond acceptors (Lipinski definition) is 3. The van der Waals surface area contributed by atoms with Crippen molar-refractivity contribution in [2.45, 2.75) is 0 Å². The molecular formula is C13H11N3O3. The standard InChI is InChI=1S/C13H11N3O3/c17-12(18)5-4-9-2-1-3-10(8-9)15-13(19)11-6-7-14-16-11/h1-8H,(H,14,16)(H,15,19)(H,17,18)/b5-4+. The van der Waals surface area contributed by atoms with Gasteiger partial charge in [-0.25, -0.2) is 4.79 Å². The van der Waals surface area contributed by atoms with Crippen LogP contribution in [0, 0.1) is 0 Å². The summed E-state index contributed by atoms with van der Waals surface area (Å²) in [5, 5.41) is 17.5. The number of hydrogen-bond donors (Lipinski definition) is 3. The number of aromatic nitrogens is 2. The van der Waals surface area contributed by atoms with Gasteiger partial charge in [-0.3, -0.25) is 9.89 Å². The summed E-state index contributed by atoms with van der Waals surface area (Å²) < 4.78 is 0. The number of rotatable bonds is 4. The van der Waals surface area contributed by atoms with Gasteiger partial charge in [0.1, 0.15) is 5.69 Å². The minimum Gasteiger partial charge on any atom is -0.478 e. The van der Waals surface area contributed by atoms with Gasteiger partial charge in [-0.1, -0.05) is 12.1 Å². The first-order chi connectivity index (χ1) is 9.15. The first-order valence-corrected chi connectivity index (χ1v) is 5.47. The number of carbonyl (C=O) groups is 2. The van der Waals surface area contributed by atoms with E-state index in [2.05, 4.69) is 15.5 Å². The molecule has 0 saturated carbocycles. The Balaban J connectivity index is 2.11. The molecule has 2 rings (SSSR count). The molecule has 1 aromatic heterocycles. The molecule has 1 aromatic carbocycles. The molecule has 0 atom stereocenters. The van der Waals surface area contributed by atoms with Crippen LogP contribution >= 0.6 is 0 Å². The monoisotopic (exact) mass is 257 g/mol. The van der Waals surface area contributed by atoms with E-state index in [9.17, 15) is 9.59 Å². The number of carboxylic acid groups (broad SMARTS) is 1. The summed E-state index contributed by atoms with van der Waals surface area (Å²) in [6, 6.07) is 8.42. The van der Waals surface area contributed by atoms with Gasteiger partial charge in [0.2, 0.25) is 0 Å². The topological polar surface area (TPSA) is 95.1 Å². The minimum absolute atomic E-state index is 0.308. The molecule has 1 amide bonds. The van der Waals surface area contributed by atoms with Crippen molar-refractivity contribution in [3.63, 3.8) is 0 Å². The van der Waals surface area contributed by atoms with Gasteiger partial charge >= 0.3 is 5.97 Å². The molecule has 96 valence electrons. The number of benzene rings is 1. The maximum Gasteiger partial charge on any atom is 0.328 e. The van der Waals surface area contributed by atoms with Gasteiger partial charge in [0.15, 0.2) is 0 Å². The molecule has 0 spiro atoms. The smallest absolute Gasteiger partial charge is 0.328 e. The normalized spacial score (nSPS) is 10.5. The molecule has 0 aliphatic carbocycles. The largest absolute Gasteiger partial charge is 0.478 e. The Labute approximate surface area is 108 Å². The zero-order valence-corrected chi connectivity index (χ0v) is 9.83. The number of carboxylic acids is 1. The van der Waals surface area contributed by atoms with Crippen LogP contribution in [-0.4, -0.2) is 27.2 Å². The highest BCUT2D eigenvalue weighted by atomic mass is 16.4. The number of H-pyrrole nitrogens is 1. The molecule has 0 fully saturated rings. The van der Waals surface area contributed by atoms with Crippen molar-refractivity contribution >= 4 is 23.6 Å². The zero-order chi connectivity index (χ0) is 13.7. The first kappa shape index (κ1) is 12.6. The molecule has 0 aliphatic rings. The number of nitrogens with zero attached hydrogens (tertiary/aromatic N) is 1. The second-order valence-corrected chi connectivity index (χ2v) is 3.72. The van der Waals surface area contributed by atoms with Crippen LogP contribution in [0.1, 0.15) is 16.1 Å². The van der Waals surface area contributed by atoms with E-state index in [0.29, 0.717) is 16.9 Å². The Hall–Kier alpha value is -2.89. The SMILES string of the molecule is O=C(O)/C=C/c1cccc(NC(=O)c2ccn[nH]2)c1. The second kappa shape index (κ2) is 5.63. The summed E-state index contributed by atoms with van der Waals surface area (Å²) in [4.78, 5) is 22.2. The molecule has 1 heterocycles. The fourth-order valence-corrected chi connectivity index (χ4v) is 1.47. The maximum absolute atomic E-state index is 11.8. The van der Waals surface area contributed by atoms with E-state index in [4.69, 9.17) is 5.11 Å². The van der Waals surface area contributed by atoms with E-state index in [1.54, 1.807) is 30.3 Å². The lowest BCUT2D eigenvalue weighted by molar-refractivity contribution is -0.131. The summed E-state index contributed by atoms with van der Waals surface area (Å²) in [5.41, 5.74) is 1.61. The fraction of sp³-hybridized carbons (Fsp3) is 0. The van der Waals surface area contributed by atoms with Crippen molar-refractivity contribution in [1.29, 1.82) is 0 Å². The molecule has 6 nitrogen and oxygen atoms in total. The zero-order valence-electron chi connectivity index (χ0n) is 9.83. The van der Waals surface area contributed by atoms with Crippen molar-refractivity contribution in [2.24, 2.45) is 0 Å². The van der Waals surface area contributed by atoms with Gasteiger partial charge in [0.05, 0.1) is 0 Å². The Morgan fingerprint density at radius 1 is 1.32 bits per heavy atom. The van der Waals surface area contributed by atoms with Crippen molar-refractivity contribution in [3.8, 4) is 0 Å². The highest BCUT2D eigenvalue weighted by Crippen LogP contribution is 2.13. The van der Waals surface area contributed by atoms with E-state index < -0.39 is 5.97 Å². The minimum atomic E-state index is -1.02. The molecule has 6 heteroatoms. The quantitative estimate of drug-likeness (QED) is 0.727. The Morgan fingerprint density at radius 3 is 2.84 bits per heavy atom. The van der Waals surface area contributed by atoms with E-state index in [1.165, 1.54) is 12.3 Å². The van der Waals surface area contributed by atoms with Crippen molar-refractivity contribution in [2.75, 3.05) is 5.32 Å². The molecule has 0 bridgehead atoms. The summed E-state index contributed by atoms with van der Waals surface area (Å²) in [5.74, 6) is -1.33. The number of aliphatic carboxylic acids is 1. The molecule has 0 aliphatic heterocycles. The van der Waals surface area contributed by atoms with E-state index in [1.807, 2.05) is 0 Å². The third-order valence-corrected chi connectivity index (χ3v) is 2.31. The number of amides is 1. The van der Waals surface area contributed by atoms with Crippen LogP contribution in [0.3, 0.4) is 0 Å². The molecule has 19 heavy (non-hydrogen) atoms. The van der Waals surface area contributed by atoms with E-state index in [-0.39, 0.29) is 5.91 Å². The van der Waals surface area contributed by atoms with E-state index in [0.717, 1.165) is 6.08 Å². The molecule has 3 N–H and O–H groups in total. The van der Waals surface area contributed by atoms with Crippen molar-refractivity contribution < 1.29 is 14.7 Å². The lowest BCUT2D eigenvalue weighted by Gasteiger charge is -2.04. The van der Waals surface area contributed by atoms with Crippen LogP contribution in [-0.2, 0) is 4.79 Å². The second-order valence-electron chi connectivity index (χ2n) is 3.72. The van der Waals surface area contributed by atoms with Crippen LogP contribution in [0.15, 0.2) is 42.6 Å². The highest BCUT2D eigenvalue weighted by Gasteiger charge is 2.06. The van der Waals surface area contributed by atoms with E-state index >= 15 is 0 Å². The fourth-order valence-electron chi connectivity index (χ4n) is 1.47. The molecular weight excluding hydrogens is 246 g/mol. The first-order valence-electron chi connectivity index (χ1n) is 5.47. The van der Waals surface area contributed by atoms with Crippen LogP contribution < -0.4 is 5.32 Å². The Bertz CT molecular complexity index is 618. The van der Waals surface area contributed by atoms with Crippen LogP contribution in [0.5, 0.6) is 0 Å². The summed E-state index contributed by atoms with van der Waals surface area (Å²) in [6.45, 7) is 0. The Kier molecular flexibility index (Phi) is 3.72. The van der Waals surface area contributed by atoms with Gasteiger partial charge in [0.25, 0.3) is 5.91 Å². The summed E-state index contributed by atoms with van der Waals surface area (Å²) in [6.07, 6.45) is 3.98. The van der Waals surface area contributed by atoms with Crippen LogP contribution in [0.4, 0.5) is 5.69 Å². The number of aromatic amines is 1. The van der Waals surface area contributed by atoms with Crippen LogP contribution in [0.2, 0.25) is 0 Å². The van der Waals surface area contributed by atoms with Gasteiger partial charge in [-0.2, -0.15) is 5.10 Å². The maximum atomic E-state index is 11.8. The summed E-state index contributed by atoms with van der Waals surface area (Å²) in [7, 11) is 0. The lowest BCUT2D eigenvalue weighted by atomic mass is 10.2. The third kappa shape index (κ3) is 3.53. The van der Waals surface area contributed by atoms with Crippen LogP contribution in [0.25, 0.3) is 6.08 Å². The predicted octanol–water partition coefficient (Wildman–Crippen LogP) is 1.76. The molecule has 0 unspecified atom stereocenters. The van der Waals surface area contributed by atoms with Crippen molar-refractivity contribution in [1.82, 2.24) is 10.2 Å². The number of carbonyl (C=O) groups excluding carboxylic acids is 1. The van der Waals surface area contributed by atoms with Gasteiger partial charge < -0.3 is 10.4 Å². The number of nitrogens with one attached hydrogen (secondary N) is 2. The highest BCUT2D eigenvalue weighted by molar-refractivity contribution is 6.02. The average molecular weight is 257 g/mol. The molecule has 0 radical (unpaired) electrons. The third-order valence-electron chi connectivity index (χ3n) is 2.31. The van der Waals surface area contributed by atoms with Gasteiger partial charge in [0, 0.05) is 18.0 Å². The molecule has 0 saturated heterocycles. The summed E-state index contributed by atoms with van der Waals surface area (Å²) >= 11 is 0. The average Bonchev–Trinajstić information content (AvgIpc) is 2.91.